The number of hydrogen-bond acceptors (Lipinski definition) is 3. The summed E-state index contributed by atoms with van der Waals surface area (Å²) in [5, 5.41) is 10.0. The lowest BCUT2D eigenvalue weighted by molar-refractivity contribution is 0.0496. The molecule has 0 aliphatic heterocycles. The van der Waals surface area contributed by atoms with E-state index < -0.39 is 0 Å². The second-order valence-corrected chi connectivity index (χ2v) is 5.23. The molecule has 0 aromatic heterocycles. The molecule has 0 aliphatic carbocycles. The van der Waals surface area contributed by atoms with Gasteiger partial charge in [0.05, 0.1) is 12.2 Å². The molecule has 0 atom stereocenters. The molecular formula is C17H26O3. The largest absolute Gasteiger partial charge is 0.507 e. The standard InChI is InChI=1S/C17H26O3/c1-5-7-8-9-10-20-17(19)15-11-14(6-2)16(18)13(4)12(15)3/h11,18H,5-10H2,1-4H3. The van der Waals surface area contributed by atoms with Crippen molar-refractivity contribution in [2.24, 2.45) is 0 Å². The van der Waals surface area contributed by atoms with E-state index in [2.05, 4.69) is 6.92 Å². The zero-order valence-electron chi connectivity index (χ0n) is 13.1. The maximum Gasteiger partial charge on any atom is 0.338 e. The predicted molar refractivity (Wildman–Crippen MR) is 81.4 cm³/mol. The molecule has 1 aromatic carbocycles. The molecule has 20 heavy (non-hydrogen) atoms. The lowest BCUT2D eigenvalue weighted by atomic mass is 9.97. The molecule has 3 heteroatoms. The second kappa shape index (κ2) is 7.93. The van der Waals surface area contributed by atoms with E-state index in [9.17, 15) is 9.90 Å². The van der Waals surface area contributed by atoms with Crippen LogP contribution < -0.4 is 0 Å². The molecule has 0 radical (unpaired) electrons. The molecule has 1 rings (SSSR count). The Bertz CT molecular complexity index is 464. The highest BCUT2D eigenvalue weighted by atomic mass is 16.5. The molecule has 0 saturated carbocycles. The van der Waals surface area contributed by atoms with Gasteiger partial charge in [0.2, 0.25) is 0 Å². The fourth-order valence-corrected chi connectivity index (χ4v) is 2.22. The van der Waals surface area contributed by atoms with Crippen LogP contribution in [0.3, 0.4) is 0 Å². The highest BCUT2D eigenvalue weighted by molar-refractivity contribution is 5.92. The summed E-state index contributed by atoms with van der Waals surface area (Å²) in [6, 6.07) is 1.76. The quantitative estimate of drug-likeness (QED) is 0.597. The first kappa shape index (κ1) is 16.5. The summed E-state index contributed by atoms with van der Waals surface area (Å²) in [6.07, 6.45) is 5.05. The molecule has 0 saturated heterocycles. The fourth-order valence-electron chi connectivity index (χ4n) is 2.22. The Morgan fingerprint density at radius 3 is 2.45 bits per heavy atom. The molecule has 0 unspecified atom stereocenters. The highest BCUT2D eigenvalue weighted by Gasteiger charge is 2.17. The maximum absolute atomic E-state index is 12.1. The van der Waals surface area contributed by atoms with Gasteiger partial charge in [0.25, 0.3) is 0 Å². The van der Waals surface area contributed by atoms with Crippen molar-refractivity contribution in [3.63, 3.8) is 0 Å². The SMILES string of the molecule is CCCCCCOC(=O)c1cc(CC)c(O)c(C)c1C. The average Bonchev–Trinajstić information content (AvgIpc) is 2.44. The van der Waals surface area contributed by atoms with E-state index >= 15 is 0 Å². The zero-order valence-corrected chi connectivity index (χ0v) is 13.1. The van der Waals surface area contributed by atoms with Crippen LogP contribution in [0.15, 0.2) is 6.07 Å². The van der Waals surface area contributed by atoms with E-state index in [-0.39, 0.29) is 5.97 Å². The van der Waals surface area contributed by atoms with Crippen molar-refractivity contribution < 1.29 is 14.6 Å². The Balaban J connectivity index is 2.75. The average molecular weight is 278 g/mol. The number of phenols is 1. The van der Waals surface area contributed by atoms with E-state index in [0.717, 1.165) is 29.5 Å². The topological polar surface area (TPSA) is 46.5 Å². The number of carbonyl (C=O) groups excluding carboxylic acids is 1. The Kier molecular flexibility index (Phi) is 6.56. The first-order valence-corrected chi connectivity index (χ1v) is 7.52. The summed E-state index contributed by atoms with van der Waals surface area (Å²) >= 11 is 0. The van der Waals surface area contributed by atoms with Crippen molar-refractivity contribution >= 4 is 5.97 Å². The molecule has 0 amide bonds. The van der Waals surface area contributed by atoms with Crippen LogP contribution >= 0.6 is 0 Å². The summed E-state index contributed by atoms with van der Waals surface area (Å²) < 4.78 is 5.33. The van der Waals surface area contributed by atoms with Gasteiger partial charge in [-0.3, -0.25) is 0 Å². The third kappa shape index (κ3) is 3.99. The van der Waals surface area contributed by atoms with Gasteiger partial charge < -0.3 is 9.84 Å². The predicted octanol–water partition coefficient (Wildman–Crippen LogP) is 4.31. The van der Waals surface area contributed by atoms with Crippen molar-refractivity contribution in [2.45, 2.75) is 59.8 Å². The molecule has 112 valence electrons. The number of phenolic OH excluding ortho intramolecular Hbond substituents is 1. The van der Waals surface area contributed by atoms with Crippen LogP contribution in [0.25, 0.3) is 0 Å². The number of rotatable bonds is 7. The van der Waals surface area contributed by atoms with Gasteiger partial charge in [-0.15, -0.1) is 0 Å². The minimum Gasteiger partial charge on any atom is -0.507 e. The van der Waals surface area contributed by atoms with Crippen LogP contribution in [0.2, 0.25) is 0 Å². The first-order chi connectivity index (χ1) is 9.52. The summed E-state index contributed by atoms with van der Waals surface area (Å²) in [4.78, 5) is 12.1. The van der Waals surface area contributed by atoms with Gasteiger partial charge in [-0.25, -0.2) is 4.79 Å². The Hall–Kier alpha value is -1.51. The van der Waals surface area contributed by atoms with E-state index in [0.29, 0.717) is 24.3 Å². The Morgan fingerprint density at radius 2 is 1.85 bits per heavy atom. The molecular weight excluding hydrogens is 252 g/mol. The van der Waals surface area contributed by atoms with E-state index in [4.69, 9.17) is 4.74 Å². The summed E-state index contributed by atoms with van der Waals surface area (Å²) in [5.74, 6) is 0.0151. The van der Waals surface area contributed by atoms with Crippen molar-refractivity contribution in [2.75, 3.05) is 6.61 Å². The second-order valence-electron chi connectivity index (χ2n) is 5.23. The minimum absolute atomic E-state index is 0.281. The number of benzene rings is 1. The van der Waals surface area contributed by atoms with E-state index in [1.165, 1.54) is 12.8 Å². The Morgan fingerprint density at radius 1 is 1.15 bits per heavy atom. The lowest BCUT2D eigenvalue weighted by Gasteiger charge is -2.13. The minimum atomic E-state index is -0.281. The number of esters is 1. The fraction of sp³-hybridized carbons (Fsp3) is 0.588. The van der Waals surface area contributed by atoms with Crippen molar-refractivity contribution in [1.29, 1.82) is 0 Å². The smallest absolute Gasteiger partial charge is 0.338 e. The zero-order chi connectivity index (χ0) is 15.1. The van der Waals surface area contributed by atoms with Gasteiger partial charge in [-0.05, 0) is 49.4 Å². The van der Waals surface area contributed by atoms with Gasteiger partial charge in [0, 0.05) is 0 Å². The molecule has 3 nitrogen and oxygen atoms in total. The molecule has 0 heterocycles. The van der Waals surface area contributed by atoms with Crippen LogP contribution in [-0.4, -0.2) is 17.7 Å². The van der Waals surface area contributed by atoms with Crippen LogP contribution in [0.4, 0.5) is 0 Å². The number of carbonyl (C=O) groups is 1. The summed E-state index contributed by atoms with van der Waals surface area (Å²) in [5.41, 5.74) is 2.94. The van der Waals surface area contributed by atoms with Gasteiger partial charge in [-0.1, -0.05) is 33.1 Å². The normalized spacial score (nSPS) is 10.6. The maximum atomic E-state index is 12.1. The molecule has 1 aromatic rings. The van der Waals surface area contributed by atoms with Gasteiger partial charge >= 0.3 is 5.97 Å². The highest BCUT2D eigenvalue weighted by Crippen LogP contribution is 2.28. The number of aryl methyl sites for hydroxylation is 1. The Labute approximate surface area is 122 Å². The van der Waals surface area contributed by atoms with E-state index in [1.807, 2.05) is 20.8 Å². The number of unbranched alkanes of at least 4 members (excludes halogenated alkanes) is 3. The summed E-state index contributed by atoms with van der Waals surface area (Å²) in [6.45, 7) is 8.27. The van der Waals surface area contributed by atoms with Crippen LogP contribution in [-0.2, 0) is 11.2 Å². The van der Waals surface area contributed by atoms with E-state index in [1.54, 1.807) is 6.07 Å². The molecule has 0 fully saturated rings. The number of aromatic hydroxyl groups is 1. The third-order valence-corrected chi connectivity index (χ3v) is 3.78. The molecule has 0 aliphatic rings. The molecule has 0 bridgehead atoms. The van der Waals surface area contributed by atoms with Gasteiger partial charge in [-0.2, -0.15) is 0 Å². The van der Waals surface area contributed by atoms with Crippen LogP contribution in [0.1, 0.15) is 66.6 Å². The lowest BCUT2D eigenvalue weighted by Crippen LogP contribution is -2.10. The van der Waals surface area contributed by atoms with Gasteiger partial charge in [0.15, 0.2) is 0 Å². The molecule has 1 N–H and O–H groups in total. The number of hydrogen-bond donors (Lipinski definition) is 1. The van der Waals surface area contributed by atoms with Crippen LogP contribution in [0, 0.1) is 13.8 Å². The first-order valence-electron chi connectivity index (χ1n) is 7.52. The van der Waals surface area contributed by atoms with Crippen molar-refractivity contribution in [3.8, 4) is 5.75 Å². The number of ether oxygens (including phenoxy) is 1. The van der Waals surface area contributed by atoms with Crippen LogP contribution in [0.5, 0.6) is 5.75 Å². The van der Waals surface area contributed by atoms with Gasteiger partial charge in [0.1, 0.15) is 5.75 Å². The monoisotopic (exact) mass is 278 g/mol. The molecule has 0 spiro atoms. The third-order valence-electron chi connectivity index (χ3n) is 3.78. The summed E-state index contributed by atoms with van der Waals surface area (Å²) in [7, 11) is 0. The van der Waals surface area contributed by atoms with Crippen molar-refractivity contribution in [3.05, 3.63) is 28.3 Å². The van der Waals surface area contributed by atoms with Crippen molar-refractivity contribution in [1.82, 2.24) is 0 Å².